The highest BCUT2D eigenvalue weighted by atomic mass is 32.2. The summed E-state index contributed by atoms with van der Waals surface area (Å²) in [6, 6.07) is 0.206. The average molecular weight is 1250 g/mol. The summed E-state index contributed by atoms with van der Waals surface area (Å²) in [6.45, 7) is 47.3. The van der Waals surface area contributed by atoms with Crippen molar-refractivity contribution in [3.8, 4) is 0 Å². The first-order valence-corrected chi connectivity index (χ1v) is 34.0. The van der Waals surface area contributed by atoms with E-state index in [-0.39, 0.29) is 92.9 Å². The minimum absolute atomic E-state index is 0.0144. The minimum atomic E-state index is -2.75. The molecule has 0 aliphatic carbocycles. The predicted octanol–water partition coefficient (Wildman–Crippen LogP) is 15.0. The lowest BCUT2D eigenvalue weighted by Gasteiger charge is -2.16. The van der Waals surface area contributed by atoms with Crippen molar-refractivity contribution >= 4 is 68.0 Å². The van der Waals surface area contributed by atoms with Gasteiger partial charge in [0.2, 0.25) is 0 Å². The number of sulfone groups is 1. The molecule has 4 N–H and O–H groups in total. The van der Waals surface area contributed by atoms with Gasteiger partial charge in [-0.15, -0.1) is 0 Å². The van der Waals surface area contributed by atoms with Crippen LogP contribution in [-0.4, -0.2) is 103 Å². The Kier molecular flexibility index (Phi) is 61.6. The summed E-state index contributed by atoms with van der Waals surface area (Å²) in [6.07, 6.45) is 16.5. The van der Waals surface area contributed by atoms with Crippen LogP contribution in [0.25, 0.3) is 0 Å². The van der Waals surface area contributed by atoms with Crippen molar-refractivity contribution in [3.63, 3.8) is 0 Å². The van der Waals surface area contributed by atoms with Crippen LogP contribution in [0.3, 0.4) is 0 Å². The molecule has 16 nitrogen and oxygen atoms in total. The van der Waals surface area contributed by atoms with Crippen LogP contribution in [0.1, 0.15) is 302 Å². The van der Waals surface area contributed by atoms with Crippen molar-refractivity contribution < 1.29 is 65.8 Å². The Bertz CT molecular complexity index is 1970. The number of unbranched alkanes of at least 4 members (excludes halogenated alkanes) is 6. The molecule has 0 unspecified atom stereocenters. The van der Waals surface area contributed by atoms with E-state index in [9.17, 15) is 56.4 Å². The van der Waals surface area contributed by atoms with Crippen LogP contribution < -0.4 is 11.5 Å². The molecule has 0 saturated heterocycles. The van der Waals surface area contributed by atoms with Gasteiger partial charge in [0, 0.05) is 86.1 Å². The fourth-order valence-corrected chi connectivity index (χ4v) is 7.44. The summed E-state index contributed by atoms with van der Waals surface area (Å²) < 4.78 is 32.0. The Balaban J connectivity index is -0.000000170. The van der Waals surface area contributed by atoms with E-state index in [2.05, 4.69) is 6.92 Å². The molecule has 0 radical (unpaired) electrons. The number of rotatable bonds is 35. The third kappa shape index (κ3) is 67.7. The monoisotopic (exact) mass is 1250 g/mol. The molecule has 0 rings (SSSR count). The molecule has 0 fully saturated rings. The van der Waals surface area contributed by atoms with Crippen LogP contribution in [0.15, 0.2) is 0 Å². The number of Topliss-reactive ketones (excluding diaryl/α,β-unsaturated/α-hetero) is 8. The quantitative estimate of drug-likeness (QED) is 0.0441. The van der Waals surface area contributed by atoms with Gasteiger partial charge in [-0.1, -0.05) is 109 Å². The number of ketones is 8. The predicted molar refractivity (Wildman–Crippen MR) is 356 cm³/mol. The Hall–Kier alpha value is -3.83. The topological polar surface area (TPSA) is 275 Å². The molecule has 0 saturated carbocycles. The van der Waals surface area contributed by atoms with E-state index in [0.717, 1.165) is 64.2 Å². The summed E-state index contributed by atoms with van der Waals surface area (Å²) in [7, 11) is -2.75. The van der Waals surface area contributed by atoms with Gasteiger partial charge in [-0.2, -0.15) is 0 Å². The largest absolute Gasteiger partial charge is 0.465 e. The van der Waals surface area contributed by atoms with Crippen LogP contribution in [0, 0.1) is 45.8 Å². The maximum absolute atomic E-state index is 11.5. The van der Waals surface area contributed by atoms with Gasteiger partial charge < -0.3 is 35.3 Å². The Morgan fingerprint density at radius 3 is 1.14 bits per heavy atom. The Morgan fingerprint density at radius 1 is 0.453 bits per heavy atom. The zero-order chi connectivity index (χ0) is 69.2. The summed E-state index contributed by atoms with van der Waals surface area (Å²) in [5.41, 5.74) is 10.2. The van der Waals surface area contributed by atoms with E-state index in [1.165, 1.54) is 26.2 Å². The third-order valence-electron chi connectivity index (χ3n) is 13.3. The van der Waals surface area contributed by atoms with E-state index >= 15 is 0 Å². The van der Waals surface area contributed by atoms with Gasteiger partial charge in [-0.25, -0.2) is 8.42 Å². The van der Waals surface area contributed by atoms with Crippen LogP contribution in [0.5, 0.6) is 0 Å². The summed E-state index contributed by atoms with van der Waals surface area (Å²) in [4.78, 5) is 111. The molecule has 17 heteroatoms. The normalized spacial score (nSPS) is 12.2. The van der Waals surface area contributed by atoms with Crippen molar-refractivity contribution in [1.82, 2.24) is 0 Å². The van der Waals surface area contributed by atoms with E-state index in [1.807, 2.05) is 125 Å². The SMILES string of the molecule is CC(=O)CCCCCOC(=O)C(C)(C)C.CC(=O)CCCCOC(=O)C(C)(C)C.CC(=O)CC[C@@H](CN)C(=O)C(C)C.CC(=O)[C@H](C)CCC(=O)C(C)C.CCCCCCC(=O)C(C)(C)C.CCCS(=O)(=O)C(C)C.CC[C@@H](N)CCC(=O)C(C)C. The first-order chi connectivity index (χ1) is 39.2. The number of carbonyl (C=O) groups excluding carboxylic acids is 10. The zero-order valence-electron chi connectivity index (χ0n) is 59.8. The highest BCUT2D eigenvalue weighted by Crippen LogP contribution is 2.20. The zero-order valence-corrected chi connectivity index (χ0v) is 60.6. The summed E-state index contributed by atoms with van der Waals surface area (Å²) >= 11 is 0. The minimum Gasteiger partial charge on any atom is -0.465 e. The average Bonchev–Trinajstić information content (AvgIpc) is 3.38. The first kappa shape index (κ1) is 95.8. The lowest BCUT2D eigenvalue weighted by molar-refractivity contribution is -0.153. The molecule has 0 bridgehead atoms. The van der Waals surface area contributed by atoms with Gasteiger partial charge in [0.25, 0.3) is 0 Å². The maximum atomic E-state index is 11.5. The Morgan fingerprint density at radius 2 is 0.837 bits per heavy atom. The van der Waals surface area contributed by atoms with Crippen molar-refractivity contribution in [2.24, 2.45) is 57.3 Å². The maximum Gasteiger partial charge on any atom is 0.311 e. The van der Waals surface area contributed by atoms with Gasteiger partial charge >= 0.3 is 11.9 Å². The number of hydrogen-bond acceptors (Lipinski definition) is 16. The fraction of sp³-hybridized carbons (Fsp3) is 0.855. The standard InChI is InChI=1S/C12H22O3.C11H20O3.C11H22O.C10H19NO2.C10H18O2.C9H19NO.C6H14O2S/c1-10(13)8-6-5-7-9-15-11(14)12(2,3)4;1-9(12)7-5-6-8-14-10(13)11(2,3)4;1-5-6-7-8-9-10(12)11(2,3)4;1-7(2)10(13)9(6-11)5-4-8(3)12;1-7(2)10(12)6-5-8(3)9(4)11;1-4-8(10)5-6-9(11)7(2)3;1-4-5-9(7,8)6(2)3/h5-9H2,1-4H3;5-8H2,1-4H3;5-9H2,1-4H3;7,9H,4-6,11H2,1-3H3;7-8H,5-6H2,1-4H3;7-8H,4-6,10H2,1-3H3;6H,4-5H2,1-3H3/t;;;9-;2*8-;/m...011./s1. The van der Waals surface area contributed by atoms with Gasteiger partial charge in [-0.05, 0) is 154 Å². The molecule has 0 spiro atoms. The van der Waals surface area contributed by atoms with Crippen molar-refractivity contribution in [3.05, 3.63) is 0 Å². The lowest BCUT2D eigenvalue weighted by atomic mass is 9.88. The second-order valence-corrected chi connectivity index (χ2v) is 29.7. The fourth-order valence-electron chi connectivity index (χ4n) is 6.40. The van der Waals surface area contributed by atoms with E-state index < -0.39 is 20.7 Å². The van der Waals surface area contributed by atoms with Gasteiger partial charge in [-0.3, -0.25) is 33.6 Å². The van der Waals surface area contributed by atoms with Crippen LogP contribution in [0.4, 0.5) is 0 Å². The number of ether oxygens (including phenoxy) is 2. The van der Waals surface area contributed by atoms with Gasteiger partial charge in [0.05, 0.1) is 35.0 Å². The van der Waals surface area contributed by atoms with E-state index in [1.54, 1.807) is 34.6 Å². The van der Waals surface area contributed by atoms with Crippen molar-refractivity contribution in [1.29, 1.82) is 0 Å². The van der Waals surface area contributed by atoms with Gasteiger partial charge in [0.1, 0.15) is 46.3 Å². The second kappa shape index (κ2) is 55.3. The molecule has 0 heterocycles. The van der Waals surface area contributed by atoms with Crippen LogP contribution in [0.2, 0.25) is 0 Å². The smallest absolute Gasteiger partial charge is 0.311 e. The van der Waals surface area contributed by atoms with Crippen molar-refractivity contribution in [2.45, 2.75) is 313 Å². The molecule has 0 aromatic rings. The molecule has 510 valence electrons. The third-order valence-corrected chi connectivity index (χ3v) is 15.7. The number of hydrogen-bond donors (Lipinski definition) is 2. The van der Waals surface area contributed by atoms with E-state index in [4.69, 9.17) is 20.9 Å². The molecular weight excluding hydrogens is 1110 g/mol. The highest BCUT2D eigenvalue weighted by Gasteiger charge is 2.24. The highest BCUT2D eigenvalue weighted by molar-refractivity contribution is 7.91. The molecule has 0 amide bonds. The second-order valence-electron chi connectivity index (χ2n) is 27.1. The number of nitrogens with two attached hydrogens (primary N) is 2. The van der Waals surface area contributed by atoms with E-state index in [0.29, 0.717) is 82.0 Å². The molecule has 0 aromatic heterocycles. The molecule has 3 atom stereocenters. The summed E-state index contributed by atoms with van der Waals surface area (Å²) in [5, 5.41) is -0.211. The van der Waals surface area contributed by atoms with Crippen LogP contribution in [-0.2, 0) is 67.3 Å². The molecule has 86 heavy (non-hydrogen) atoms. The number of carbonyl (C=O) groups is 10. The summed E-state index contributed by atoms with van der Waals surface area (Å²) in [5.74, 6) is 2.02. The van der Waals surface area contributed by atoms with Crippen LogP contribution >= 0.6 is 0 Å². The number of esters is 2. The Labute approximate surface area is 527 Å². The van der Waals surface area contributed by atoms with Gasteiger partial charge in [0.15, 0.2) is 9.84 Å². The molecule has 0 aromatic carbocycles. The molecule has 0 aliphatic rings. The molecular formula is C69H134N2O14S. The lowest BCUT2D eigenvalue weighted by Crippen LogP contribution is -2.27. The first-order valence-electron chi connectivity index (χ1n) is 32.3. The van der Waals surface area contributed by atoms with Crippen molar-refractivity contribution in [2.75, 3.05) is 25.5 Å². The molecule has 0 aliphatic heterocycles.